The second kappa shape index (κ2) is 3.05. The van der Waals surface area contributed by atoms with Crippen molar-refractivity contribution in [3.05, 3.63) is 23.1 Å². The van der Waals surface area contributed by atoms with Gasteiger partial charge in [0, 0.05) is 10.7 Å². The molecule has 0 saturated heterocycles. The monoisotopic (exact) mass is 214 g/mol. The average molecular weight is 215 g/mol. The van der Waals surface area contributed by atoms with Crippen molar-refractivity contribution < 1.29 is 12.8 Å². The standard InChI is InChI=1S/C5H4Cl2O3S/c6-5-2-1-4(10-5)3-11(7,8)9/h1-2H,3H2. The lowest BCUT2D eigenvalue weighted by Gasteiger charge is -1.88. The quantitative estimate of drug-likeness (QED) is 0.708. The Labute approximate surface area is 73.3 Å². The molecule has 11 heavy (non-hydrogen) atoms. The molecule has 1 aromatic rings. The zero-order valence-electron chi connectivity index (χ0n) is 5.25. The zero-order chi connectivity index (χ0) is 8.48. The molecule has 0 radical (unpaired) electrons. The summed E-state index contributed by atoms with van der Waals surface area (Å²) in [6, 6.07) is 2.92. The van der Waals surface area contributed by atoms with E-state index in [0.717, 1.165) is 0 Å². The van der Waals surface area contributed by atoms with Gasteiger partial charge in [-0.25, -0.2) is 8.42 Å². The molecule has 0 aliphatic heterocycles. The number of rotatable bonds is 2. The first-order valence-corrected chi connectivity index (χ1v) is 5.49. The Bertz CT molecular complexity index is 340. The van der Waals surface area contributed by atoms with E-state index in [2.05, 4.69) is 0 Å². The molecule has 0 spiro atoms. The normalized spacial score (nSPS) is 11.8. The van der Waals surface area contributed by atoms with Gasteiger partial charge in [-0.15, -0.1) is 0 Å². The van der Waals surface area contributed by atoms with Gasteiger partial charge in [0.2, 0.25) is 9.05 Å². The molecule has 1 rings (SSSR count). The Kier molecular flexibility index (Phi) is 2.47. The lowest BCUT2D eigenvalue weighted by atomic mass is 10.5. The summed E-state index contributed by atoms with van der Waals surface area (Å²) in [5, 5.41) is 0.153. The highest BCUT2D eigenvalue weighted by atomic mass is 35.7. The summed E-state index contributed by atoms with van der Waals surface area (Å²) in [7, 11) is 1.40. The SMILES string of the molecule is O=S(=O)(Cl)Cc1ccc(Cl)o1. The van der Waals surface area contributed by atoms with Gasteiger partial charge in [-0.3, -0.25) is 0 Å². The van der Waals surface area contributed by atoms with E-state index in [0.29, 0.717) is 0 Å². The minimum atomic E-state index is -3.54. The number of hydrogen-bond donors (Lipinski definition) is 0. The maximum absolute atomic E-state index is 10.5. The summed E-state index contributed by atoms with van der Waals surface area (Å²) in [4.78, 5) is 0. The van der Waals surface area contributed by atoms with Crippen LogP contribution in [-0.2, 0) is 14.8 Å². The number of furan rings is 1. The molecular weight excluding hydrogens is 211 g/mol. The van der Waals surface area contributed by atoms with Crippen molar-refractivity contribution >= 4 is 31.3 Å². The Morgan fingerprint density at radius 1 is 1.45 bits per heavy atom. The summed E-state index contributed by atoms with van der Waals surface area (Å²) < 4.78 is 25.7. The Morgan fingerprint density at radius 2 is 2.09 bits per heavy atom. The Morgan fingerprint density at radius 3 is 2.45 bits per heavy atom. The second-order valence-electron chi connectivity index (χ2n) is 1.89. The smallest absolute Gasteiger partial charge is 0.239 e. The predicted octanol–water partition coefficient (Wildman–Crippen LogP) is 2.00. The fourth-order valence-corrected chi connectivity index (χ4v) is 1.58. The van der Waals surface area contributed by atoms with Gasteiger partial charge in [0.1, 0.15) is 11.5 Å². The van der Waals surface area contributed by atoms with Crippen molar-refractivity contribution in [2.24, 2.45) is 0 Å². The molecule has 3 nitrogen and oxygen atoms in total. The molecule has 0 aliphatic rings. The average Bonchev–Trinajstić information content (AvgIpc) is 2.10. The van der Waals surface area contributed by atoms with Crippen molar-refractivity contribution in [3.8, 4) is 0 Å². The van der Waals surface area contributed by atoms with Crippen LogP contribution in [0.25, 0.3) is 0 Å². The minimum Gasteiger partial charge on any atom is -0.449 e. The lowest BCUT2D eigenvalue weighted by Crippen LogP contribution is -1.92. The minimum absolute atomic E-state index is 0.153. The van der Waals surface area contributed by atoms with Crippen LogP contribution in [0.2, 0.25) is 5.22 Å². The van der Waals surface area contributed by atoms with E-state index in [-0.39, 0.29) is 16.7 Å². The molecule has 0 aliphatic carbocycles. The van der Waals surface area contributed by atoms with Crippen LogP contribution in [-0.4, -0.2) is 8.42 Å². The third-order valence-electron chi connectivity index (χ3n) is 0.944. The summed E-state index contributed by atoms with van der Waals surface area (Å²) in [6.45, 7) is 0. The highest BCUT2D eigenvalue weighted by Gasteiger charge is 2.09. The molecule has 6 heteroatoms. The number of hydrogen-bond acceptors (Lipinski definition) is 3. The molecule has 0 amide bonds. The first-order chi connectivity index (χ1) is 4.97. The second-order valence-corrected chi connectivity index (χ2v) is 5.04. The van der Waals surface area contributed by atoms with E-state index in [1.807, 2.05) is 0 Å². The van der Waals surface area contributed by atoms with Crippen LogP contribution in [0.3, 0.4) is 0 Å². The van der Waals surface area contributed by atoms with Gasteiger partial charge in [-0.1, -0.05) is 0 Å². The van der Waals surface area contributed by atoms with Gasteiger partial charge < -0.3 is 4.42 Å². The molecule has 1 heterocycles. The van der Waals surface area contributed by atoms with Gasteiger partial charge in [-0.2, -0.15) is 0 Å². The van der Waals surface area contributed by atoms with E-state index in [4.69, 9.17) is 26.7 Å². The highest BCUT2D eigenvalue weighted by molar-refractivity contribution is 8.13. The van der Waals surface area contributed by atoms with Gasteiger partial charge in [-0.05, 0) is 23.7 Å². The summed E-state index contributed by atoms with van der Waals surface area (Å²) in [5.41, 5.74) is 0. The molecule has 0 N–H and O–H groups in total. The molecule has 0 saturated carbocycles. The number of halogens is 2. The van der Waals surface area contributed by atoms with Crippen molar-refractivity contribution in [1.82, 2.24) is 0 Å². The van der Waals surface area contributed by atoms with E-state index < -0.39 is 9.05 Å². The fraction of sp³-hybridized carbons (Fsp3) is 0.200. The predicted molar refractivity (Wildman–Crippen MR) is 42.2 cm³/mol. The summed E-state index contributed by atoms with van der Waals surface area (Å²) in [5.74, 6) is -0.0913. The van der Waals surface area contributed by atoms with Crippen molar-refractivity contribution in [1.29, 1.82) is 0 Å². The first kappa shape index (κ1) is 8.90. The molecule has 0 fully saturated rings. The Balaban J connectivity index is 2.81. The van der Waals surface area contributed by atoms with Crippen LogP contribution in [0.1, 0.15) is 5.76 Å². The molecule has 62 valence electrons. The molecule has 0 unspecified atom stereocenters. The lowest BCUT2D eigenvalue weighted by molar-refractivity contribution is 0.525. The van der Waals surface area contributed by atoms with Crippen LogP contribution in [0, 0.1) is 0 Å². The van der Waals surface area contributed by atoms with Gasteiger partial charge >= 0.3 is 0 Å². The molecule has 0 atom stereocenters. The van der Waals surface area contributed by atoms with Crippen molar-refractivity contribution in [2.75, 3.05) is 0 Å². The largest absolute Gasteiger partial charge is 0.449 e. The molecule has 0 bridgehead atoms. The van der Waals surface area contributed by atoms with Crippen LogP contribution < -0.4 is 0 Å². The van der Waals surface area contributed by atoms with Crippen molar-refractivity contribution in [3.63, 3.8) is 0 Å². The maximum Gasteiger partial charge on any atom is 0.239 e. The van der Waals surface area contributed by atoms with E-state index >= 15 is 0 Å². The van der Waals surface area contributed by atoms with Crippen molar-refractivity contribution in [2.45, 2.75) is 5.75 Å². The van der Waals surface area contributed by atoms with Gasteiger partial charge in [0.15, 0.2) is 5.22 Å². The topological polar surface area (TPSA) is 47.3 Å². The highest BCUT2D eigenvalue weighted by Crippen LogP contribution is 2.16. The molecule has 1 aromatic heterocycles. The van der Waals surface area contributed by atoms with Crippen LogP contribution in [0.15, 0.2) is 16.5 Å². The fourth-order valence-electron chi connectivity index (χ4n) is 0.599. The molecular formula is C5H4Cl2O3S. The van der Waals surface area contributed by atoms with Gasteiger partial charge in [0.25, 0.3) is 0 Å². The van der Waals surface area contributed by atoms with E-state index in [1.165, 1.54) is 12.1 Å². The Hall–Kier alpha value is -0.190. The maximum atomic E-state index is 10.5. The van der Waals surface area contributed by atoms with Gasteiger partial charge in [0.05, 0.1) is 0 Å². The van der Waals surface area contributed by atoms with Crippen LogP contribution >= 0.6 is 22.3 Å². The zero-order valence-corrected chi connectivity index (χ0v) is 7.58. The van der Waals surface area contributed by atoms with E-state index in [1.54, 1.807) is 0 Å². The summed E-state index contributed by atoms with van der Waals surface area (Å²) >= 11 is 5.38. The van der Waals surface area contributed by atoms with Crippen LogP contribution in [0.5, 0.6) is 0 Å². The van der Waals surface area contributed by atoms with Crippen LogP contribution in [0.4, 0.5) is 0 Å². The third kappa shape index (κ3) is 3.14. The summed E-state index contributed by atoms with van der Waals surface area (Å²) in [6.07, 6.45) is 0. The van der Waals surface area contributed by atoms with E-state index in [9.17, 15) is 8.42 Å². The first-order valence-electron chi connectivity index (χ1n) is 2.64. The third-order valence-corrected chi connectivity index (χ3v) is 2.10. The molecule has 0 aromatic carbocycles.